The van der Waals surface area contributed by atoms with E-state index < -0.39 is 33.7 Å². The summed E-state index contributed by atoms with van der Waals surface area (Å²) in [5, 5.41) is 5.21. The van der Waals surface area contributed by atoms with Crippen molar-refractivity contribution >= 4 is 28.2 Å². The van der Waals surface area contributed by atoms with E-state index in [0.717, 1.165) is 12.8 Å². The van der Waals surface area contributed by atoms with Gasteiger partial charge >= 0.3 is 6.09 Å². The number of hydrogen-bond acceptors (Lipinski definition) is 5. The molecule has 0 saturated carbocycles. The zero-order chi connectivity index (χ0) is 22.0. The van der Waals surface area contributed by atoms with E-state index in [1.54, 1.807) is 20.8 Å². The molecule has 2 amide bonds. The van der Waals surface area contributed by atoms with Gasteiger partial charge in [0.15, 0.2) is 0 Å². The fourth-order valence-electron chi connectivity index (χ4n) is 1.94. The number of ether oxygens (including phenoxy) is 1. The lowest BCUT2D eigenvalue weighted by atomic mass is 9.94. The minimum atomic E-state index is -3.62. The number of unbranched alkanes of at least 4 members (excludes halogenated alkanes) is 1. The predicted molar refractivity (Wildman–Crippen MR) is 112 cm³/mol. The van der Waals surface area contributed by atoms with E-state index in [1.165, 1.54) is 6.21 Å². The van der Waals surface area contributed by atoms with Crippen LogP contribution in [0.1, 0.15) is 74.1 Å². The fraction of sp³-hybridized carbons (Fsp3) is 0.842. The number of nitrogens with zero attached hydrogens (tertiary/aromatic N) is 1. The van der Waals surface area contributed by atoms with Gasteiger partial charge in [-0.25, -0.2) is 13.2 Å². The molecule has 0 unspecified atom stereocenters. The van der Waals surface area contributed by atoms with Crippen LogP contribution < -0.4 is 10.6 Å². The first-order chi connectivity index (χ1) is 12.7. The van der Waals surface area contributed by atoms with Crippen LogP contribution in [0, 0.1) is 5.41 Å². The average Bonchev–Trinajstić information content (AvgIpc) is 2.50. The molecule has 2 N–H and O–H groups in total. The first-order valence-electron chi connectivity index (χ1n) is 9.69. The van der Waals surface area contributed by atoms with E-state index in [9.17, 15) is 18.0 Å². The third kappa shape index (κ3) is 14.4. The fourth-order valence-corrected chi connectivity index (χ4v) is 3.23. The summed E-state index contributed by atoms with van der Waals surface area (Å²) in [4.78, 5) is 24.3. The highest BCUT2D eigenvalue weighted by Gasteiger charge is 2.24. The van der Waals surface area contributed by atoms with Gasteiger partial charge < -0.3 is 15.4 Å². The Bertz CT molecular complexity index is 631. The summed E-state index contributed by atoms with van der Waals surface area (Å²) < 4.78 is 32.9. The maximum atomic E-state index is 12.3. The minimum Gasteiger partial charge on any atom is -0.444 e. The Morgan fingerprint density at radius 3 is 2.25 bits per heavy atom. The van der Waals surface area contributed by atoms with Gasteiger partial charge in [0.1, 0.15) is 11.6 Å². The predicted octanol–water partition coefficient (Wildman–Crippen LogP) is 3.02. The number of sulfonamides is 1. The van der Waals surface area contributed by atoms with Crippen molar-refractivity contribution in [3.8, 4) is 0 Å². The van der Waals surface area contributed by atoms with Crippen molar-refractivity contribution in [3.63, 3.8) is 0 Å². The molecule has 8 nitrogen and oxygen atoms in total. The van der Waals surface area contributed by atoms with Crippen molar-refractivity contribution in [2.45, 2.75) is 85.8 Å². The maximum absolute atomic E-state index is 12.3. The van der Waals surface area contributed by atoms with Gasteiger partial charge in [0, 0.05) is 19.2 Å². The summed E-state index contributed by atoms with van der Waals surface area (Å²) in [5.41, 5.74) is -0.833. The van der Waals surface area contributed by atoms with Gasteiger partial charge in [0.25, 0.3) is 10.0 Å². The maximum Gasteiger partial charge on any atom is 0.408 e. The van der Waals surface area contributed by atoms with E-state index in [0.29, 0.717) is 13.0 Å². The molecule has 0 spiro atoms. The molecule has 0 aromatic carbocycles. The molecular weight excluding hydrogens is 382 g/mol. The third-order valence-corrected chi connectivity index (χ3v) is 4.71. The van der Waals surface area contributed by atoms with Crippen molar-refractivity contribution in [3.05, 3.63) is 0 Å². The normalized spacial score (nSPS) is 14.0. The van der Waals surface area contributed by atoms with Crippen molar-refractivity contribution in [1.29, 1.82) is 0 Å². The van der Waals surface area contributed by atoms with Gasteiger partial charge in [-0.1, -0.05) is 34.1 Å². The largest absolute Gasteiger partial charge is 0.444 e. The Morgan fingerprint density at radius 2 is 1.75 bits per heavy atom. The van der Waals surface area contributed by atoms with Crippen LogP contribution in [-0.2, 0) is 19.6 Å². The molecule has 0 heterocycles. The molecule has 164 valence electrons. The van der Waals surface area contributed by atoms with Gasteiger partial charge in [0.05, 0.1) is 5.75 Å². The molecule has 0 rings (SSSR count). The summed E-state index contributed by atoms with van der Waals surface area (Å²) >= 11 is 0. The molecule has 0 aliphatic rings. The average molecular weight is 420 g/mol. The van der Waals surface area contributed by atoms with Crippen LogP contribution in [-0.4, -0.2) is 50.6 Å². The SMILES string of the molecule is CCCCNC(=O)[C@H](CC=NS(=O)(=O)CCC(C)(C)C)NC(=O)OC(C)(C)C. The van der Waals surface area contributed by atoms with E-state index in [1.807, 2.05) is 27.7 Å². The van der Waals surface area contributed by atoms with Crippen LogP contribution in [0.2, 0.25) is 0 Å². The molecule has 1 atom stereocenters. The Labute approximate surface area is 170 Å². The second kappa shape index (κ2) is 11.4. The highest BCUT2D eigenvalue weighted by Crippen LogP contribution is 2.19. The van der Waals surface area contributed by atoms with Crippen molar-refractivity contribution in [1.82, 2.24) is 10.6 Å². The van der Waals surface area contributed by atoms with Gasteiger partial charge in [-0.3, -0.25) is 4.79 Å². The molecule has 0 fully saturated rings. The molecule has 0 aromatic rings. The van der Waals surface area contributed by atoms with Crippen LogP contribution in [0.15, 0.2) is 4.40 Å². The third-order valence-electron chi connectivity index (χ3n) is 3.52. The van der Waals surface area contributed by atoms with E-state index in [2.05, 4.69) is 15.0 Å². The zero-order valence-electron chi connectivity index (χ0n) is 18.3. The first kappa shape index (κ1) is 26.4. The molecule has 9 heteroatoms. The summed E-state index contributed by atoms with van der Waals surface area (Å²) in [7, 11) is -3.62. The number of carbonyl (C=O) groups is 2. The standard InChI is InChI=1S/C19H37N3O5S/c1-8-9-12-20-16(23)15(22-17(24)27-19(5,6)7)10-13-21-28(25,26)14-11-18(2,3)4/h13,15H,8-12,14H2,1-7H3,(H,20,23)(H,22,24)/t15-/m0/s1. The number of hydrogen-bond donors (Lipinski definition) is 2. The van der Waals surface area contributed by atoms with Crippen LogP contribution in [0.4, 0.5) is 4.79 Å². The molecule has 0 aliphatic heterocycles. The van der Waals surface area contributed by atoms with Gasteiger partial charge in [-0.15, -0.1) is 0 Å². The summed E-state index contributed by atoms with van der Waals surface area (Å²) in [6, 6.07) is -0.965. The monoisotopic (exact) mass is 419 g/mol. The molecule has 0 saturated heterocycles. The summed E-state index contributed by atoms with van der Waals surface area (Å²) in [6.07, 6.45) is 2.57. The minimum absolute atomic E-state index is 0.0497. The second-order valence-electron chi connectivity index (χ2n) is 8.96. The van der Waals surface area contributed by atoms with Crippen LogP contribution >= 0.6 is 0 Å². The van der Waals surface area contributed by atoms with Gasteiger partial charge in [-0.2, -0.15) is 4.40 Å². The van der Waals surface area contributed by atoms with Crippen LogP contribution in [0.3, 0.4) is 0 Å². The molecular formula is C19H37N3O5S. The molecule has 0 radical (unpaired) electrons. The van der Waals surface area contributed by atoms with Crippen molar-refractivity contribution < 1.29 is 22.7 Å². The molecule has 0 bridgehead atoms. The second-order valence-corrected chi connectivity index (χ2v) is 10.7. The Balaban J connectivity index is 5.00. The Morgan fingerprint density at radius 1 is 1.14 bits per heavy atom. The van der Waals surface area contributed by atoms with E-state index in [4.69, 9.17) is 4.74 Å². The summed E-state index contributed by atoms with van der Waals surface area (Å²) in [6.45, 7) is 13.5. The van der Waals surface area contributed by atoms with Gasteiger partial charge in [-0.05, 0) is 39.0 Å². The van der Waals surface area contributed by atoms with Gasteiger partial charge in [0.2, 0.25) is 5.91 Å². The smallest absolute Gasteiger partial charge is 0.408 e. The van der Waals surface area contributed by atoms with Crippen molar-refractivity contribution in [2.24, 2.45) is 9.81 Å². The lowest BCUT2D eigenvalue weighted by molar-refractivity contribution is -0.123. The molecule has 28 heavy (non-hydrogen) atoms. The number of carbonyl (C=O) groups excluding carboxylic acids is 2. The lowest BCUT2D eigenvalue weighted by Crippen LogP contribution is -2.48. The highest BCUT2D eigenvalue weighted by molar-refractivity contribution is 7.90. The Hall–Kier alpha value is -1.64. The molecule has 0 aromatic heterocycles. The lowest BCUT2D eigenvalue weighted by Gasteiger charge is -2.22. The number of rotatable bonds is 10. The number of alkyl carbamates (subject to hydrolysis) is 1. The quantitative estimate of drug-likeness (QED) is 0.417. The number of amides is 2. The number of nitrogens with one attached hydrogen (secondary N) is 2. The molecule has 0 aliphatic carbocycles. The zero-order valence-corrected chi connectivity index (χ0v) is 19.1. The van der Waals surface area contributed by atoms with Crippen molar-refractivity contribution in [2.75, 3.05) is 12.3 Å². The first-order valence-corrected chi connectivity index (χ1v) is 11.3. The summed E-state index contributed by atoms with van der Waals surface area (Å²) in [5.74, 6) is -0.474. The van der Waals surface area contributed by atoms with Crippen LogP contribution in [0.25, 0.3) is 0 Å². The topological polar surface area (TPSA) is 114 Å². The van der Waals surface area contributed by atoms with E-state index in [-0.39, 0.29) is 17.6 Å². The van der Waals surface area contributed by atoms with Crippen LogP contribution in [0.5, 0.6) is 0 Å². The highest BCUT2D eigenvalue weighted by atomic mass is 32.2. The Kier molecular flexibility index (Phi) is 10.7. The van der Waals surface area contributed by atoms with E-state index >= 15 is 0 Å².